The van der Waals surface area contributed by atoms with Crippen molar-refractivity contribution in [3.05, 3.63) is 44.6 Å². The summed E-state index contributed by atoms with van der Waals surface area (Å²) in [5.74, 6) is 0.614. The van der Waals surface area contributed by atoms with Crippen LogP contribution in [0.15, 0.2) is 33.3 Å². The lowest BCUT2D eigenvalue weighted by Crippen LogP contribution is -2.14. The van der Waals surface area contributed by atoms with Crippen LogP contribution in [0.1, 0.15) is 17.4 Å². The topological polar surface area (TPSA) is 56.5 Å². The van der Waals surface area contributed by atoms with Gasteiger partial charge in [-0.25, -0.2) is 0 Å². The van der Waals surface area contributed by atoms with Crippen LogP contribution in [-0.2, 0) is 11.3 Å². The molecule has 0 amide bonds. The molecule has 1 unspecified atom stereocenters. The summed E-state index contributed by atoms with van der Waals surface area (Å²) in [6, 6.07) is 5.51. The highest BCUT2D eigenvalue weighted by atomic mass is 79.9. The van der Waals surface area contributed by atoms with E-state index >= 15 is 0 Å². The number of ether oxygens (including phenoxy) is 2. The van der Waals surface area contributed by atoms with Crippen LogP contribution in [0.2, 0.25) is 0 Å². The van der Waals surface area contributed by atoms with E-state index in [1.807, 2.05) is 18.2 Å². The van der Waals surface area contributed by atoms with Gasteiger partial charge < -0.3 is 14.6 Å². The maximum atomic E-state index is 10.7. The minimum atomic E-state index is -0.846. The highest BCUT2D eigenvalue weighted by Gasteiger charge is 2.22. The molecule has 0 radical (unpaired) electrons. The van der Waals surface area contributed by atoms with Crippen molar-refractivity contribution in [1.29, 1.82) is 0 Å². The minimum absolute atomic E-state index is 0.519. The fourth-order valence-electron chi connectivity index (χ4n) is 2.06. The number of hydrogen-bond acceptors (Lipinski definition) is 4. The summed E-state index contributed by atoms with van der Waals surface area (Å²) in [6.45, 7) is 1.08. The number of nitrogens with zero attached hydrogens (tertiary/aromatic N) is 2. The standard InChI is InChI=1S/C14H16Br2N2O3/c1-20-6-5-18-13(11(16)8-17-18)14(19)10-4-3-9(15)7-12(10)21-2/h3-4,7-8,14,19H,5-6H2,1-2H3. The van der Waals surface area contributed by atoms with Crippen molar-refractivity contribution in [2.24, 2.45) is 0 Å². The molecule has 114 valence electrons. The van der Waals surface area contributed by atoms with Crippen molar-refractivity contribution in [2.75, 3.05) is 20.8 Å². The van der Waals surface area contributed by atoms with Gasteiger partial charge in [-0.2, -0.15) is 5.10 Å². The van der Waals surface area contributed by atoms with Crippen molar-refractivity contribution < 1.29 is 14.6 Å². The summed E-state index contributed by atoms with van der Waals surface area (Å²) < 4.78 is 13.8. The smallest absolute Gasteiger partial charge is 0.126 e. The summed E-state index contributed by atoms with van der Waals surface area (Å²) >= 11 is 6.83. The van der Waals surface area contributed by atoms with Crippen LogP contribution in [0.5, 0.6) is 5.75 Å². The molecular formula is C14H16Br2N2O3. The van der Waals surface area contributed by atoms with Crippen LogP contribution in [0.25, 0.3) is 0 Å². The molecule has 0 fully saturated rings. The highest BCUT2D eigenvalue weighted by molar-refractivity contribution is 9.10. The van der Waals surface area contributed by atoms with Crippen LogP contribution in [-0.4, -0.2) is 35.7 Å². The summed E-state index contributed by atoms with van der Waals surface area (Å²) in [4.78, 5) is 0. The van der Waals surface area contributed by atoms with Crippen LogP contribution < -0.4 is 4.74 Å². The number of rotatable bonds is 6. The number of benzene rings is 1. The first-order valence-corrected chi connectivity index (χ1v) is 7.88. The van der Waals surface area contributed by atoms with Crippen LogP contribution in [0.3, 0.4) is 0 Å². The van der Waals surface area contributed by atoms with Crippen LogP contribution in [0, 0.1) is 0 Å². The Kier molecular flexibility index (Phi) is 5.80. The molecule has 0 spiro atoms. The predicted molar refractivity (Wildman–Crippen MR) is 86.6 cm³/mol. The first-order chi connectivity index (χ1) is 10.1. The van der Waals surface area contributed by atoms with Crippen LogP contribution >= 0.6 is 31.9 Å². The molecule has 5 nitrogen and oxygen atoms in total. The molecule has 0 aliphatic carbocycles. The number of methoxy groups -OCH3 is 2. The third kappa shape index (κ3) is 3.66. The number of halogens is 2. The van der Waals surface area contributed by atoms with E-state index in [2.05, 4.69) is 37.0 Å². The first-order valence-electron chi connectivity index (χ1n) is 6.30. The molecular weight excluding hydrogens is 404 g/mol. The van der Waals surface area contributed by atoms with Gasteiger partial charge in [-0.1, -0.05) is 22.0 Å². The Bertz CT molecular complexity index is 616. The molecule has 1 aromatic carbocycles. The Morgan fingerprint density at radius 2 is 2.10 bits per heavy atom. The summed E-state index contributed by atoms with van der Waals surface area (Å²) in [6.07, 6.45) is 0.821. The van der Waals surface area contributed by atoms with Gasteiger partial charge >= 0.3 is 0 Å². The van der Waals surface area contributed by atoms with Crippen molar-refractivity contribution in [2.45, 2.75) is 12.6 Å². The maximum absolute atomic E-state index is 10.7. The molecule has 0 aliphatic heterocycles. The third-order valence-electron chi connectivity index (χ3n) is 3.09. The fraction of sp³-hybridized carbons (Fsp3) is 0.357. The number of aliphatic hydroxyl groups is 1. The largest absolute Gasteiger partial charge is 0.496 e. The Morgan fingerprint density at radius 1 is 1.33 bits per heavy atom. The average molecular weight is 420 g/mol. The van der Waals surface area contributed by atoms with Crippen molar-refractivity contribution in [1.82, 2.24) is 9.78 Å². The molecule has 1 N–H and O–H groups in total. The molecule has 2 rings (SSSR count). The molecule has 1 aromatic heterocycles. The molecule has 0 aliphatic rings. The molecule has 2 aromatic rings. The van der Waals surface area contributed by atoms with E-state index in [-0.39, 0.29) is 0 Å². The van der Waals surface area contributed by atoms with Crippen molar-refractivity contribution in [3.8, 4) is 5.75 Å². The second-order valence-corrected chi connectivity index (χ2v) is 6.15. The number of hydrogen-bond donors (Lipinski definition) is 1. The molecule has 21 heavy (non-hydrogen) atoms. The van der Waals surface area contributed by atoms with Gasteiger partial charge in [0.2, 0.25) is 0 Å². The van der Waals surface area contributed by atoms with Gasteiger partial charge in [0.1, 0.15) is 11.9 Å². The summed E-state index contributed by atoms with van der Waals surface area (Å²) in [5.41, 5.74) is 1.35. The zero-order valence-corrected chi connectivity index (χ0v) is 14.9. The van der Waals surface area contributed by atoms with E-state index in [0.717, 1.165) is 8.95 Å². The van der Waals surface area contributed by atoms with E-state index < -0.39 is 6.10 Å². The Labute approximate surface area is 140 Å². The zero-order valence-electron chi connectivity index (χ0n) is 11.7. The quantitative estimate of drug-likeness (QED) is 0.781. The first kappa shape index (κ1) is 16.5. The van der Waals surface area contributed by atoms with Crippen LogP contribution in [0.4, 0.5) is 0 Å². The third-order valence-corrected chi connectivity index (χ3v) is 4.19. The SMILES string of the molecule is COCCn1ncc(Br)c1C(O)c1ccc(Br)cc1OC. The van der Waals surface area contributed by atoms with Gasteiger partial charge in [0.25, 0.3) is 0 Å². The lowest BCUT2D eigenvalue weighted by Gasteiger charge is -2.17. The van der Waals surface area contributed by atoms with Gasteiger partial charge in [0.15, 0.2) is 0 Å². The van der Waals surface area contributed by atoms with Crippen molar-refractivity contribution >= 4 is 31.9 Å². The zero-order chi connectivity index (χ0) is 15.4. The monoisotopic (exact) mass is 418 g/mol. The van der Waals surface area contributed by atoms with Gasteiger partial charge in [-0.3, -0.25) is 4.68 Å². The molecule has 1 atom stereocenters. The maximum Gasteiger partial charge on any atom is 0.126 e. The van der Waals surface area contributed by atoms with Gasteiger partial charge in [-0.05, 0) is 28.1 Å². The second-order valence-electron chi connectivity index (χ2n) is 4.38. The van der Waals surface area contributed by atoms with Gasteiger partial charge in [0.05, 0.1) is 36.6 Å². The lowest BCUT2D eigenvalue weighted by molar-refractivity contribution is 0.170. The Balaban J connectivity index is 2.40. The van der Waals surface area contributed by atoms with E-state index in [9.17, 15) is 5.11 Å². The van der Waals surface area contributed by atoms with E-state index in [1.54, 1.807) is 25.1 Å². The Hall–Kier alpha value is -0.890. The minimum Gasteiger partial charge on any atom is -0.496 e. The number of aliphatic hydroxyl groups excluding tert-OH is 1. The average Bonchev–Trinajstić information content (AvgIpc) is 2.85. The molecule has 0 saturated carbocycles. The van der Waals surface area contributed by atoms with Gasteiger partial charge in [-0.15, -0.1) is 0 Å². The molecule has 0 bridgehead atoms. The summed E-state index contributed by atoms with van der Waals surface area (Å²) in [5, 5.41) is 15.0. The molecule has 7 heteroatoms. The predicted octanol–water partition coefficient (Wildman–Crippen LogP) is 3.14. The Morgan fingerprint density at radius 3 is 2.76 bits per heavy atom. The molecule has 0 saturated heterocycles. The second kappa shape index (κ2) is 7.40. The lowest BCUT2D eigenvalue weighted by atomic mass is 10.1. The van der Waals surface area contributed by atoms with E-state index in [4.69, 9.17) is 9.47 Å². The normalized spacial score (nSPS) is 12.4. The van der Waals surface area contributed by atoms with Crippen molar-refractivity contribution in [3.63, 3.8) is 0 Å². The van der Waals surface area contributed by atoms with E-state index in [0.29, 0.717) is 30.2 Å². The van der Waals surface area contributed by atoms with Gasteiger partial charge in [0, 0.05) is 17.1 Å². The highest BCUT2D eigenvalue weighted by Crippen LogP contribution is 2.35. The summed E-state index contributed by atoms with van der Waals surface area (Å²) in [7, 11) is 3.21. The molecule has 1 heterocycles. The van der Waals surface area contributed by atoms with E-state index in [1.165, 1.54) is 0 Å². The fourth-order valence-corrected chi connectivity index (χ4v) is 2.91. The number of aromatic nitrogens is 2.